The zero-order valence-electron chi connectivity index (χ0n) is 21.1. The van der Waals surface area contributed by atoms with Crippen molar-refractivity contribution < 1.29 is 19.1 Å². The molecule has 0 saturated heterocycles. The highest BCUT2D eigenvalue weighted by Gasteiger charge is 2.36. The number of esters is 1. The van der Waals surface area contributed by atoms with E-state index in [4.69, 9.17) is 19.4 Å². The lowest BCUT2D eigenvalue weighted by atomic mass is 10.00. The maximum atomic E-state index is 13.1. The molecule has 0 bridgehead atoms. The first-order valence-corrected chi connectivity index (χ1v) is 11.8. The SMILES string of the molecule is CC(=O)OC1CCN(C(=O)OC(C)(C)C)c2nc(-c3ccc(C)cc3)c(-c3ccc(C)cc3)nc21. The quantitative estimate of drug-likeness (QED) is 0.423. The fourth-order valence-corrected chi connectivity index (χ4v) is 3.98. The third-order valence-electron chi connectivity index (χ3n) is 5.65. The van der Waals surface area contributed by atoms with E-state index in [0.29, 0.717) is 35.9 Å². The Morgan fingerprint density at radius 1 is 0.886 bits per heavy atom. The van der Waals surface area contributed by atoms with Crippen molar-refractivity contribution in [1.82, 2.24) is 9.97 Å². The molecule has 4 rings (SSSR count). The Kier molecular flexibility index (Phi) is 6.61. The van der Waals surface area contributed by atoms with Crippen molar-refractivity contribution >= 4 is 17.9 Å². The van der Waals surface area contributed by atoms with Crippen LogP contribution in [-0.4, -0.2) is 34.2 Å². The molecule has 1 amide bonds. The number of anilines is 1. The van der Waals surface area contributed by atoms with Crippen LogP contribution < -0.4 is 4.90 Å². The largest absolute Gasteiger partial charge is 0.456 e. The summed E-state index contributed by atoms with van der Waals surface area (Å²) < 4.78 is 11.2. The maximum Gasteiger partial charge on any atom is 0.416 e. The molecule has 2 aromatic carbocycles. The second-order valence-electron chi connectivity index (χ2n) is 9.88. The summed E-state index contributed by atoms with van der Waals surface area (Å²) in [6.45, 7) is 11.2. The normalized spacial score (nSPS) is 15.4. The average molecular weight is 474 g/mol. The standard InChI is InChI=1S/C28H31N3O4/c1-17-7-11-20(12-8-17)23-24(21-13-9-18(2)10-14-21)30-26-25(29-23)22(34-19(3)32)15-16-31(26)27(33)35-28(4,5)6/h7-14,22H,15-16H2,1-6H3. The van der Waals surface area contributed by atoms with Crippen molar-refractivity contribution in [3.63, 3.8) is 0 Å². The molecule has 7 nitrogen and oxygen atoms in total. The van der Waals surface area contributed by atoms with Gasteiger partial charge in [0.2, 0.25) is 0 Å². The molecule has 7 heteroatoms. The Morgan fingerprint density at radius 3 is 1.89 bits per heavy atom. The lowest BCUT2D eigenvalue weighted by Crippen LogP contribution is -2.42. The van der Waals surface area contributed by atoms with Crippen molar-refractivity contribution in [2.45, 2.75) is 59.7 Å². The fourth-order valence-electron chi connectivity index (χ4n) is 3.98. The second-order valence-corrected chi connectivity index (χ2v) is 9.88. The van der Waals surface area contributed by atoms with Crippen molar-refractivity contribution in [2.24, 2.45) is 0 Å². The van der Waals surface area contributed by atoms with Crippen LogP contribution in [0.15, 0.2) is 48.5 Å². The van der Waals surface area contributed by atoms with E-state index < -0.39 is 23.8 Å². The van der Waals surface area contributed by atoms with Gasteiger partial charge in [0.05, 0.1) is 11.4 Å². The first kappa shape index (κ1) is 24.4. The van der Waals surface area contributed by atoms with Gasteiger partial charge < -0.3 is 9.47 Å². The van der Waals surface area contributed by atoms with Crippen LogP contribution in [-0.2, 0) is 14.3 Å². The number of ether oxygens (including phenoxy) is 2. The number of hydrogen-bond acceptors (Lipinski definition) is 6. The predicted octanol–water partition coefficient (Wildman–Crippen LogP) is 6.18. The number of aromatic nitrogens is 2. The van der Waals surface area contributed by atoms with Gasteiger partial charge in [-0.15, -0.1) is 0 Å². The van der Waals surface area contributed by atoms with Gasteiger partial charge in [-0.25, -0.2) is 14.8 Å². The van der Waals surface area contributed by atoms with Gasteiger partial charge in [-0.3, -0.25) is 9.69 Å². The highest BCUT2D eigenvalue weighted by molar-refractivity contribution is 5.90. The lowest BCUT2D eigenvalue weighted by molar-refractivity contribution is -0.147. The number of amides is 1. The van der Waals surface area contributed by atoms with Gasteiger partial charge in [-0.1, -0.05) is 59.7 Å². The molecular weight excluding hydrogens is 442 g/mol. The van der Waals surface area contributed by atoms with Crippen molar-refractivity contribution in [1.29, 1.82) is 0 Å². The van der Waals surface area contributed by atoms with E-state index in [1.165, 1.54) is 11.8 Å². The molecular formula is C28H31N3O4. The van der Waals surface area contributed by atoms with E-state index in [1.807, 2.05) is 83.1 Å². The Bertz CT molecular complexity index is 1240. The summed E-state index contributed by atoms with van der Waals surface area (Å²) in [5, 5.41) is 0. The first-order chi connectivity index (χ1) is 16.5. The summed E-state index contributed by atoms with van der Waals surface area (Å²) in [5.41, 5.74) is 5.10. The van der Waals surface area contributed by atoms with Gasteiger partial charge in [-0.2, -0.15) is 0 Å². The summed E-state index contributed by atoms with van der Waals surface area (Å²) in [6, 6.07) is 16.1. The molecule has 0 radical (unpaired) electrons. The molecule has 0 spiro atoms. The van der Waals surface area contributed by atoms with Gasteiger partial charge in [0.1, 0.15) is 17.4 Å². The topological polar surface area (TPSA) is 81.6 Å². The lowest BCUT2D eigenvalue weighted by Gasteiger charge is -2.34. The monoisotopic (exact) mass is 473 g/mol. The summed E-state index contributed by atoms with van der Waals surface area (Å²) in [7, 11) is 0. The van der Waals surface area contributed by atoms with Crippen LogP contribution in [0, 0.1) is 13.8 Å². The zero-order valence-corrected chi connectivity index (χ0v) is 21.1. The third-order valence-corrected chi connectivity index (χ3v) is 5.65. The van der Waals surface area contributed by atoms with Gasteiger partial charge >= 0.3 is 12.1 Å². The molecule has 1 aliphatic heterocycles. The summed E-state index contributed by atoms with van der Waals surface area (Å²) in [6.07, 6.45) is -0.713. The van der Waals surface area contributed by atoms with Crippen molar-refractivity contribution in [3.05, 3.63) is 65.4 Å². The number of aryl methyl sites for hydroxylation is 2. The highest BCUT2D eigenvalue weighted by Crippen LogP contribution is 2.39. The number of fused-ring (bicyclic) bond motifs is 1. The minimum absolute atomic E-state index is 0.297. The van der Waals surface area contributed by atoms with E-state index in [9.17, 15) is 9.59 Å². The number of nitrogens with zero attached hydrogens (tertiary/aromatic N) is 3. The molecule has 1 aromatic heterocycles. The second kappa shape index (κ2) is 9.49. The Labute approximate surface area is 206 Å². The van der Waals surface area contributed by atoms with E-state index in [1.54, 1.807) is 0 Å². The van der Waals surface area contributed by atoms with Crippen LogP contribution in [0.4, 0.5) is 10.6 Å². The Balaban J connectivity index is 1.94. The summed E-state index contributed by atoms with van der Waals surface area (Å²) in [4.78, 5) is 36.4. The van der Waals surface area contributed by atoms with E-state index in [0.717, 1.165) is 22.3 Å². The van der Waals surface area contributed by atoms with Crippen LogP contribution in [0.2, 0.25) is 0 Å². The minimum atomic E-state index is -0.668. The molecule has 0 saturated carbocycles. The number of hydrogen-bond donors (Lipinski definition) is 0. The average Bonchev–Trinajstić information content (AvgIpc) is 2.78. The number of carbonyl (C=O) groups is 2. The molecule has 0 aliphatic carbocycles. The molecule has 1 unspecified atom stereocenters. The van der Waals surface area contributed by atoms with Gasteiger partial charge in [-0.05, 0) is 34.6 Å². The third kappa shape index (κ3) is 5.50. The number of carbonyl (C=O) groups excluding carboxylic acids is 2. The predicted molar refractivity (Wildman–Crippen MR) is 135 cm³/mol. The highest BCUT2D eigenvalue weighted by atomic mass is 16.6. The Morgan fingerprint density at radius 2 is 1.40 bits per heavy atom. The molecule has 1 aliphatic rings. The smallest absolute Gasteiger partial charge is 0.416 e. The van der Waals surface area contributed by atoms with Crippen LogP contribution >= 0.6 is 0 Å². The van der Waals surface area contributed by atoms with Crippen molar-refractivity contribution in [3.8, 4) is 22.5 Å². The van der Waals surface area contributed by atoms with Gasteiger partial charge in [0.25, 0.3) is 0 Å². The van der Waals surface area contributed by atoms with Crippen LogP contribution in [0.3, 0.4) is 0 Å². The number of benzene rings is 2. The molecule has 3 aromatic rings. The van der Waals surface area contributed by atoms with E-state index in [-0.39, 0.29) is 0 Å². The molecule has 0 fully saturated rings. The number of rotatable bonds is 3. The maximum absolute atomic E-state index is 13.1. The van der Waals surface area contributed by atoms with Crippen LogP contribution in [0.5, 0.6) is 0 Å². The molecule has 35 heavy (non-hydrogen) atoms. The fraction of sp³-hybridized carbons (Fsp3) is 0.357. The van der Waals surface area contributed by atoms with Gasteiger partial charge in [0, 0.05) is 31.0 Å². The van der Waals surface area contributed by atoms with Gasteiger partial charge in [0.15, 0.2) is 5.82 Å². The Hall–Kier alpha value is -3.74. The first-order valence-electron chi connectivity index (χ1n) is 11.8. The summed E-state index contributed by atoms with van der Waals surface area (Å²) >= 11 is 0. The van der Waals surface area contributed by atoms with Crippen LogP contribution in [0.25, 0.3) is 22.5 Å². The minimum Gasteiger partial charge on any atom is -0.456 e. The molecule has 2 heterocycles. The zero-order chi connectivity index (χ0) is 25.3. The molecule has 1 atom stereocenters. The summed E-state index contributed by atoms with van der Waals surface area (Å²) in [5.74, 6) is -0.0591. The van der Waals surface area contributed by atoms with Crippen LogP contribution in [0.1, 0.15) is 57.0 Å². The van der Waals surface area contributed by atoms with Crippen molar-refractivity contribution in [2.75, 3.05) is 11.4 Å². The molecule has 0 N–H and O–H groups in total. The molecule has 182 valence electrons. The van der Waals surface area contributed by atoms with E-state index in [2.05, 4.69) is 0 Å². The van der Waals surface area contributed by atoms with E-state index >= 15 is 0 Å².